The minimum absolute atomic E-state index is 0.259. The summed E-state index contributed by atoms with van der Waals surface area (Å²) in [5, 5.41) is 5.50. The summed E-state index contributed by atoms with van der Waals surface area (Å²) in [7, 11) is 0. The van der Waals surface area contributed by atoms with Gasteiger partial charge in [0.25, 0.3) is 0 Å². The quantitative estimate of drug-likeness (QED) is 0.791. The zero-order valence-electron chi connectivity index (χ0n) is 8.58. The van der Waals surface area contributed by atoms with Crippen molar-refractivity contribution in [2.45, 2.75) is 13.0 Å². The molecule has 0 saturated carbocycles. The normalized spacial score (nSPS) is 12.4. The second-order valence-electron chi connectivity index (χ2n) is 3.34. The summed E-state index contributed by atoms with van der Waals surface area (Å²) in [6, 6.07) is 6.25. The van der Waals surface area contributed by atoms with Crippen LogP contribution in [-0.4, -0.2) is 4.98 Å². The highest BCUT2D eigenvalue weighted by molar-refractivity contribution is 9.10. The maximum absolute atomic E-state index is 4.18. The van der Waals surface area contributed by atoms with E-state index in [1.807, 2.05) is 12.1 Å². The van der Waals surface area contributed by atoms with E-state index in [2.05, 4.69) is 60.5 Å². The van der Waals surface area contributed by atoms with Crippen LogP contribution in [0.15, 0.2) is 38.9 Å². The first-order chi connectivity index (χ1) is 7.68. The monoisotopic (exact) mass is 360 g/mol. The van der Waals surface area contributed by atoms with E-state index < -0.39 is 0 Å². The smallest absolute Gasteiger partial charge is 0.129 e. The molecule has 0 aliphatic rings. The largest absolute Gasteiger partial charge is 0.375 e. The Hall–Kier alpha value is -0.390. The zero-order chi connectivity index (χ0) is 11.5. The number of hydrogen-bond acceptors (Lipinski definition) is 3. The first-order valence-corrected chi connectivity index (χ1v) is 7.25. The molecule has 2 heterocycles. The molecule has 5 heteroatoms. The molecule has 1 atom stereocenters. The number of halogens is 2. The van der Waals surface area contributed by atoms with E-state index in [-0.39, 0.29) is 6.04 Å². The predicted octanol–water partition coefficient (Wildman–Crippen LogP) is 4.84. The third-order valence-electron chi connectivity index (χ3n) is 2.17. The van der Waals surface area contributed by atoms with Crippen molar-refractivity contribution in [3.63, 3.8) is 0 Å². The molecular formula is C11H10Br2N2S. The van der Waals surface area contributed by atoms with Crippen molar-refractivity contribution in [2.24, 2.45) is 0 Å². The van der Waals surface area contributed by atoms with Gasteiger partial charge in [-0.2, -0.15) is 0 Å². The highest BCUT2D eigenvalue weighted by Gasteiger charge is 2.11. The number of aromatic nitrogens is 1. The molecule has 0 aromatic carbocycles. The molecule has 0 bridgehead atoms. The van der Waals surface area contributed by atoms with Gasteiger partial charge in [-0.1, -0.05) is 0 Å². The minimum atomic E-state index is 0.259. The van der Waals surface area contributed by atoms with Crippen LogP contribution in [0.25, 0.3) is 0 Å². The third-order valence-corrected chi connectivity index (χ3v) is 4.85. The van der Waals surface area contributed by atoms with Crippen LogP contribution in [0.2, 0.25) is 0 Å². The molecule has 0 radical (unpaired) electrons. The molecule has 2 rings (SSSR count). The molecule has 84 valence electrons. The van der Waals surface area contributed by atoms with Gasteiger partial charge in [0.05, 0.1) is 11.7 Å². The number of nitrogens with zero attached hydrogens (tertiary/aromatic N) is 1. The number of nitrogens with one attached hydrogen (secondary N) is 1. The van der Waals surface area contributed by atoms with Gasteiger partial charge in [-0.25, -0.2) is 4.98 Å². The first-order valence-electron chi connectivity index (χ1n) is 4.78. The Kier molecular flexibility index (Phi) is 4.00. The third kappa shape index (κ3) is 2.64. The average molecular weight is 362 g/mol. The van der Waals surface area contributed by atoms with Crippen molar-refractivity contribution in [1.29, 1.82) is 0 Å². The number of pyridine rings is 1. The van der Waals surface area contributed by atoms with Crippen molar-refractivity contribution >= 4 is 48.9 Å². The fourth-order valence-electron chi connectivity index (χ4n) is 1.41. The molecule has 1 N–H and O–H groups in total. The molecule has 0 spiro atoms. The van der Waals surface area contributed by atoms with Crippen LogP contribution >= 0.6 is 43.2 Å². The van der Waals surface area contributed by atoms with Gasteiger partial charge in [-0.15, -0.1) is 11.3 Å². The highest BCUT2D eigenvalue weighted by Crippen LogP contribution is 2.32. The fraction of sp³-hybridized carbons (Fsp3) is 0.182. The Bertz CT molecular complexity index is 484. The van der Waals surface area contributed by atoms with Crippen LogP contribution in [0.1, 0.15) is 17.8 Å². The molecule has 0 amide bonds. The first kappa shape index (κ1) is 12.1. The van der Waals surface area contributed by atoms with Crippen molar-refractivity contribution in [1.82, 2.24) is 4.98 Å². The van der Waals surface area contributed by atoms with E-state index in [1.165, 1.54) is 4.88 Å². The Labute approximate surface area is 115 Å². The summed E-state index contributed by atoms with van der Waals surface area (Å²) in [4.78, 5) is 5.47. The summed E-state index contributed by atoms with van der Waals surface area (Å²) in [6.45, 7) is 2.13. The van der Waals surface area contributed by atoms with E-state index in [4.69, 9.17) is 0 Å². The van der Waals surface area contributed by atoms with Crippen LogP contribution in [-0.2, 0) is 0 Å². The van der Waals surface area contributed by atoms with Gasteiger partial charge in [0.15, 0.2) is 0 Å². The molecule has 0 aliphatic carbocycles. The van der Waals surface area contributed by atoms with Gasteiger partial charge in [-0.05, 0) is 62.4 Å². The number of rotatable bonds is 3. The Morgan fingerprint density at radius 2 is 2.19 bits per heavy atom. The van der Waals surface area contributed by atoms with Crippen molar-refractivity contribution in [3.8, 4) is 0 Å². The van der Waals surface area contributed by atoms with Crippen molar-refractivity contribution in [3.05, 3.63) is 43.7 Å². The lowest BCUT2D eigenvalue weighted by molar-refractivity contribution is 0.899. The standard InChI is InChI=1S/C11H10Br2N2S/c1-7(10-8(12)4-6-16-10)15-9-3-2-5-14-11(9)13/h2-7,15H,1H3. The summed E-state index contributed by atoms with van der Waals surface area (Å²) in [5.74, 6) is 0. The minimum Gasteiger partial charge on any atom is -0.375 e. The zero-order valence-corrected chi connectivity index (χ0v) is 12.6. The van der Waals surface area contributed by atoms with Crippen molar-refractivity contribution in [2.75, 3.05) is 5.32 Å². The van der Waals surface area contributed by atoms with Gasteiger partial charge in [0, 0.05) is 15.5 Å². The lowest BCUT2D eigenvalue weighted by atomic mass is 10.2. The van der Waals surface area contributed by atoms with Gasteiger partial charge in [0.2, 0.25) is 0 Å². The summed E-state index contributed by atoms with van der Waals surface area (Å²) >= 11 is 8.70. The van der Waals surface area contributed by atoms with Gasteiger partial charge >= 0.3 is 0 Å². The summed E-state index contributed by atoms with van der Waals surface area (Å²) in [6.07, 6.45) is 1.76. The van der Waals surface area contributed by atoms with Crippen molar-refractivity contribution < 1.29 is 0 Å². The van der Waals surface area contributed by atoms with Gasteiger partial charge < -0.3 is 5.32 Å². The molecule has 2 nitrogen and oxygen atoms in total. The molecular weight excluding hydrogens is 352 g/mol. The molecule has 0 aliphatic heterocycles. The SMILES string of the molecule is CC(Nc1cccnc1Br)c1sccc1Br. The summed E-state index contributed by atoms with van der Waals surface area (Å²) < 4.78 is 1.99. The van der Waals surface area contributed by atoms with Crippen LogP contribution < -0.4 is 5.32 Å². The van der Waals surface area contributed by atoms with E-state index in [1.54, 1.807) is 17.5 Å². The molecule has 1 unspecified atom stereocenters. The number of hydrogen-bond donors (Lipinski definition) is 1. The molecule has 2 aromatic heterocycles. The lowest BCUT2D eigenvalue weighted by Crippen LogP contribution is -2.06. The fourth-order valence-corrected chi connectivity index (χ4v) is 3.50. The second kappa shape index (κ2) is 5.29. The lowest BCUT2D eigenvalue weighted by Gasteiger charge is -2.15. The highest BCUT2D eigenvalue weighted by atomic mass is 79.9. The number of anilines is 1. The predicted molar refractivity (Wildman–Crippen MR) is 76.0 cm³/mol. The topological polar surface area (TPSA) is 24.9 Å². The Morgan fingerprint density at radius 1 is 1.38 bits per heavy atom. The molecule has 2 aromatic rings. The van der Waals surface area contributed by atoms with Crippen LogP contribution in [0.4, 0.5) is 5.69 Å². The van der Waals surface area contributed by atoms with Crippen LogP contribution in [0, 0.1) is 0 Å². The van der Waals surface area contributed by atoms with E-state index in [0.29, 0.717) is 0 Å². The molecule has 0 fully saturated rings. The average Bonchev–Trinajstić information content (AvgIpc) is 2.68. The van der Waals surface area contributed by atoms with Gasteiger partial charge in [0.1, 0.15) is 4.60 Å². The Morgan fingerprint density at radius 3 is 2.81 bits per heavy atom. The maximum atomic E-state index is 4.18. The molecule has 16 heavy (non-hydrogen) atoms. The molecule has 0 saturated heterocycles. The van der Waals surface area contributed by atoms with E-state index >= 15 is 0 Å². The van der Waals surface area contributed by atoms with E-state index in [9.17, 15) is 0 Å². The van der Waals surface area contributed by atoms with Gasteiger partial charge in [-0.3, -0.25) is 0 Å². The Balaban J connectivity index is 2.17. The number of thiophene rings is 1. The second-order valence-corrected chi connectivity index (χ2v) is 5.89. The maximum Gasteiger partial charge on any atom is 0.129 e. The van der Waals surface area contributed by atoms with Crippen LogP contribution in [0.3, 0.4) is 0 Å². The van der Waals surface area contributed by atoms with E-state index in [0.717, 1.165) is 14.8 Å². The van der Waals surface area contributed by atoms with Crippen LogP contribution in [0.5, 0.6) is 0 Å². The summed E-state index contributed by atoms with van der Waals surface area (Å²) in [5.41, 5.74) is 1.01.